The van der Waals surface area contributed by atoms with Gasteiger partial charge in [-0.25, -0.2) is 9.38 Å². The van der Waals surface area contributed by atoms with E-state index in [1.807, 2.05) is 0 Å². The molecular weight excluding hydrogens is 371 g/mol. The molecule has 0 spiro atoms. The molecular formula is C19H15FN2O4S. The van der Waals surface area contributed by atoms with Crippen LogP contribution < -0.4 is 10.1 Å². The van der Waals surface area contributed by atoms with E-state index in [4.69, 9.17) is 9.84 Å². The molecule has 1 aliphatic heterocycles. The third-order valence-corrected chi connectivity index (χ3v) is 4.34. The van der Waals surface area contributed by atoms with Crippen LogP contribution in [0.4, 0.5) is 10.1 Å². The van der Waals surface area contributed by atoms with Crippen molar-refractivity contribution in [1.29, 1.82) is 0 Å². The number of nitrogens with one attached hydrogen (secondary N) is 1. The van der Waals surface area contributed by atoms with E-state index in [0.717, 1.165) is 17.3 Å². The van der Waals surface area contributed by atoms with Crippen LogP contribution in [0.5, 0.6) is 5.75 Å². The van der Waals surface area contributed by atoms with E-state index in [9.17, 15) is 14.0 Å². The summed E-state index contributed by atoms with van der Waals surface area (Å²) in [4.78, 5) is 27.3. The molecule has 2 N–H and O–H groups in total. The van der Waals surface area contributed by atoms with Crippen LogP contribution in [0.15, 0.2) is 58.4 Å². The molecule has 27 heavy (non-hydrogen) atoms. The van der Waals surface area contributed by atoms with Crippen molar-refractivity contribution in [3.8, 4) is 5.75 Å². The number of ether oxygens (including phenoxy) is 1. The SMILES string of the molecule is O=C(O)CCOc1cccc(/C=C2/SC(=Nc3cccc(F)c3)NC2=O)c1. The number of carbonyl (C=O) groups is 2. The number of aliphatic carboxylic acids is 1. The Hall–Kier alpha value is -3.13. The molecule has 0 radical (unpaired) electrons. The predicted molar refractivity (Wildman–Crippen MR) is 101 cm³/mol. The Balaban J connectivity index is 1.72. The third-order valence-electron chi connectivity index (χ3n) is 3.43. The van der Waals surface area contributed by atoms with E-state index < -0.39 is 11.8 Å². The van der Waals surface area contributed by atoms with Crippen LogP contribution in [0, 0.1) is 5.82 Å². The monoisotopic (exact) mass is 386 g/mol. The van der Waals surface area contributed by atoms with Crippen molar-refractivity contribution in [3.63, 3.8) is 0 Å². The number of hydrogen-bond donors (Lipinski definition) is 2. The van der Waals surface area contributed by atoms with E-state index >= 15 is 0 Å². The fourth-order valence-electron chi connectivity index (χ4n) is 2.25. The Kier molecular flexibility index (Phi) is 5.87. The van der Waals surface area contributed by atoms with Crippen molar-refractivity contribution in [1.82, 2.24) is 5.32 Å². The average Bonchev–Trinajstić information content (AvgIpc) is 2.94. The lowest BCUT2D eigenvalue weighted by Crippen LogP contribution is -2.19. The lowest BCUT2D eigenvalue weighted by atomic mass is 10.2. The minimum Gasteiger partial charge on any atom is -0.493 e. The summed E-state index contributed by atoms with van der Waals surface area (Å²) in [6, 6.07) is 12.8. The molecule has 0 aromatic heterocycles. The zero-order valence-electron chi connectivity index (χ0n) is 14.0. The van der Waals surface area contributed by atoms with Crippen molar-refractivity contribution in [2.45, 2.75) is 6.42 Å². The van der Waals surface area contributed by atoms with E-state index in [0.29, 0.717) is 21.5 Å². The predicted octanol–water partition coefficient (Wildman–Crippen LogP) is 3.57. The Morgan fingerprint density at radius 2 is 2.07 bits per heavy atom. The summed E-state index contributed by atoms with van der Waals surface area (Å²) >= 11 is 1.15. The Morgan fingerprint density at radius 1 is 1.26 bits per heavy atom. The molecule has 0 atom stereocenters. The number of carboxylic acids is 1. The second-order valence-electron chi connectivity index (χ2n) is 5.53. The minimum atomic E-state index is -0.933. The van der Waals surface area contributed by atoms with Gasteiger partial charge in [-0.1, -0.05) is 18.2 Å². The highest BCUT2D eigenvalue weighted by Gasteiger charge is 2.23. The van der Waals surface area contributed by atoms with Gasteiger partial charge in [0.05, 0.1) is 23.6 Å². The number of thioether (sulfide) groups is 1. The maximum absolute atomic E-state index is 13.2. The molecule has 0 unspecified atom stereocenters. The largest absolute Gasteiger partial charge is 0.493 e. The van der Waals surface area contributed by atoms with Gasteiger partial charge in [0.25, 0.3) is 5.91 Å². The molecule has 1 saturated heterocycles. The number of halogens is 1. The number of amidine groups is 1. The molecule has 1 heterocycles. The zero-order valence-corrected chi connectivity index (χ0v) is 14.8. The summed E-state index contributed by atoms with van der Waals surface area (Å²) in [5, 5.41) is 11.6. The number of carboxylic acid groups (broad SMARTS) is 1. The van der Waals surface area contributed by atoms with Gasteiger partial charge in [0.2, 0.25) is 0 Å². The van der Waals surface area contributed by atoms with Gasteiger partial charge in [-0.15, -0.1) is 0 Å². The minimum absolute atomic E-state index is 0.0645. The number of nitrogens with zero attached hydrogens (tertiary/aromatic N) is 1. The molecule has 0 saturated carbocycles. The fourth-order valence-corrected chi connectivity index (χ4v) is 3.09. The number of rotatable bonds is 6. The highest BCUT2D eigenvalue weighted by atomic mass is 32.2. The molecule has 0 aliphatic carbocycles. The van der Waals surface area contributed by atoms with E-state index in [1.54, 1.807) is 42.5 Å². The smallest absolute Gasteiger partial charge is 0.306 e. The van der Waals surface area contributed by atoms with Gasteiger partial charge in [0.1, 0.15) is 11.6 Å². The Bertz CT molecular complexity index is 943. The molecule has 2 aromatic carbocycles. The standard InChI is InChI=1S/C19H15FN2O4S/c20-13-4-2-5-14(11-13)21-19-22-18(25)16(27-19)10-12-3-1-6-15(9-12)26-8-7-17(23)24/h1-6,9-11H,7-8H2,(H,23,24)(H,21,22,25)/b16-10+. The van der Waals surface area contributed by atoms with Crippen molar-refractivity contribution >= 4 is 40.6 Å². The maximum atomic E-state index is 13.2. The summed E-state index contributed by atoms with van der Waals surface area (Å²) in [5.41, 5.74) is 1.14. The first-order chi connectivity index (χ1) is 13.0. The van der Waals surface area contributed by atoms with E-state index in [-0.39, 0.29) is 18.9 Å². The van der Waals surface area contributed by atoms with Crippen molar-refractivity contribution in [2.75, 3.05) is 6.61 Å². The van der Waals surface area contributed by atoms with E-state index in [1.165, 1.54) is 12.1 Å². The number of aliphatic imine (C=N–C) groups is 1. The van der Waals surface area contributed by atoms with E-state index in [2.05, 4.69) is 10.3 Å². The van der Waals surface area contributed by atoms with Crippen LogP contribution >= 0.6 is 11.8 Å². The summed E-state index contributed by atoms with van der Waals surface area (Å²) in [6.07, 6.45) is 1.58. The van der Waals surface area contributed by atoms with Crippen LogP contribution in [0.3, 0.4) is 0 Å². The zero-order chi connectivity index (χ0) is 19.2. The summed E-state index contributed by atoms with van der Waals surface area (Å²) in [6.45, 7) is 0.0645. The normalized spacial score (nSPS) is 16.6. The topological polar surface area (TPSA) is 88.0 Å². The first kappa shape index (κ1) is 18.7. The highest BCUT2D eigenvalue weighted by molar-refractivity contribution is 8.18. The highest BCUT2D eigenvalue weighted by Crippen LogP contribution is 2.28. The van der Waals surface area contributed by atoms with Crippen LogP contribution in [0.1, 0.15) is 12.0 Å². The number of hydrogen-bond acceptors (Lipinski definition) is 5. The van der Waals surface area contributed by atoms with Gasteiger partial charge >= 0.3 is 5.97 Å². The Labute approximate surface area is 158 Å². The first-order valence-corrected chi connectivity index (χ1v) is 8.81. The number of amides is 1. The lowest BCUT2D eigenvalue weighted by molar-refractivity contribution is -0.137. The summed E-state index contributed by atoms with van der Waals surface area (Å²) < 4.78 is 18.6. The number of benzene rings is 2. The van der Waals surface area contributed by atoms with Crippen LogP contribution in [0.25, 0.3) is 6.08 Å². The molecule has 2 aromatic rings. The van der Waals surface area contributed by atoms with Gasteiger partial charge in [-0.3, -0.25) is 9.59 Å². The molecule has 8 heteroatoms. The van der Waals surface area contributed by atoms with Gasteiger partial charge in [-0.2, -0.15) is 0 Å². The quantitative estimate of drug-likeness (QED) is 0.741. The maximum Gasteiger partial charge on any atom is 0.306 e. The molecule has 6 nitrogen and oxygen atoms in total. The molecule has 1 aliphatic rings. The van der Waals surface area contributed by atoms with Crippen LogP contribution in [-0.2, 0) is 9.59 Å². The molecule has 138 valence electrons. The molecule has 1 amide bonds. The molecule has 3 rings (SSSR count). The third kappa shape index (κ3) is 5.42. The fraction of sp³-hybridized carbons (Fsp3) is 0.105. The summed E-state index contributed by atoms with van der Waals surface area (Å²) in [5.74, 6) is -1.12. The van der Waals surface area contributed by atoms with Crippen LogP contribution in [-0.4, -0.2) is 28.8 Å². The second-order valence-corrected chi connectivity index (χ2v) is 6.56. The lowest BCUT2D eigenvalue weighted by Gasteiger charge is -2.05. The van der Waals surface area contributed by atoms with Gasteiger partial charge < -0.3 is 15.2 Å². The molecule has 0 bridgehead atoms. The first-order valence-electron chi connectivity index (χ1n) is 7.99. The summed E-state index contributed by atoms with van der Waals surface area (Å²) in [7, 11) is 0. The van der Waals surface area contributed by atoms with Gasteiger partial charge in [-0.05, 0) is 53.7 Å². The second kappa shape index (κ2) is 8.50. The van der Waals surface area contributed by atoms with Crippen molar-refractivity contribution in [2.24, 2.45) is 4.99 Å². The van der Waals surface area contributed by atoms with Gasteiger partial charge in [0.15, 0.2) is 5.17 Å². The average molecular weight is 386 g/mol. The molecule has 1 fully saturated rings. The number of carbonyl (C=O) groups excluding carboxylic acids is 1. The Morgan fingerprint density at radius 3 is 2.85 bits per heavy atom. The van der Waals surface area contributed by atoms with Crippen LogP contribution in [0.2, 0.25) is 0 Å². The van der Waals surface area contributed by atoms with Crippen molar-refractivity contribution < 1.29 is 23.8 Å². The van der Waals surface area contributed by atoms with Crippen molar-refractivity contribution in [3.05, 3.63) is 64.8 Å². The van der Waals surface area contributed by atoms with Gasteiger partial charge in [0, 0.05) is 0 Å².